The average Bonchev–Trinajstić information content (AvgIpc) is 2.55. The molecule has 2 rings (SSSR count). The van der Waals surface area contributed by atoms with E-state index in [2.05, 4.69) is 45.2 Å². The van der Waals surface area contributed by atoms with Crippen molar-refractivity contribution in [2.24, 2.45) is 0 Å². The molecule has 116 valence electrons. The molecule has 23 heavy (non-hydrogen) atoms. The molecule has 5 heteroatoms. The standard InChI is InChI=1S/C18H12I2O3/c19-15-5-1-13(2-6-15)17(21)9-11-23-12-10-18(22)14-3-7-16(20)8-4-14/h1-12H. The summed E-state index contributed by atoms with van der Waals surface area (Å²) < 4.78 is 7.19. The third kappa shape index (κ3) is 5.91. The zero-order chi connectivity index (χ0) is 16.7. The molecule has 0 heterocycles. The van der Waals surface area contributed by atoms with E-state index in [-0.39, 0.29) is 11.6 Å². The molecule has 0 aromatic heterocycles. The number of hydrogen-bond donors (Lipinski definition) is 0. The Morgan fingerprint density at radius 2 is 1.04 bits per heavy atom. The maximum absolute atomic E-state index is 11.8. The summed E-state index contributed by atoms with van der Waals surface area (Å²) in [5.74, 6) is -0.308. The smallest absolute Gasteiger partial charge is 0.188 e. The Morgan fingerprint density at radius 3 is 1.39 bits per heavy atom. The SMILES string of the molecule is O=C(C=COC=CC(=O)c1ccc(I)cc1)c1ccc(I)cc1. The van der Waals surface area contributed by atoms with Gasteiger partial charge in [-0.05, 0) is 69.4 Å². The predicted molar refractivity (Wildman–Crippen MR) is 106 cm³/mol. The van der Waals surface area contributed by atoms with Gasteiger partial charge in [-0.2, -0.15) is 0 Å². The molecule has 0 amide bonds. The van der Waals surface area contributed by atoms with E-state index < -0.39 is 0 Å². The molecule has 0 radical (unpaired) electrons. The van der Waals surface area contributed by atoms with Gasteiger partial charge in [0, 0.05) is 30.4 Å². The van der Waals surface area contributed by atoms with Crippen molar-refractivity contribution >= 4 is 56.7 Å². The van der Waals surface area contributed by atoms with Crippen LogP contribution in [-0.4, -0.2) is 11.6 Å². The van der Waals surface area contributed by atoms with E-state index in [9.17, 15) is 9.59 Å². The molecule has 2 aromatic rings. The maximum atomic E-state index is 11.8. The van der Waals surface area contributed by atoms with E-state index in [0.29, 0.717) is 11.1 Å². The van der Waals surface area contributed by atoms with Crippen LogP contribution in [0.5, 0.6) is 0 Å². The van der Waals surface area contributed by atoms with Gasteiger partial charge in [0.2, 0.25) is 0 Å². The Morgan fingerprint density at radius 1 is 0.696 bits per heavy atom. The Bertz CT molecular complexity index is 679. The Balaban J connectivity index is 1.86. The van der Waals surface area contributed by atoms with Gasteiger partial charge in [0.05, 0.1) is 12.5 Å². The number of ether oxygens (including phenoxy) is 1. The van der Waals surface area contributed by atoms with Gasteiger partial charge < -0.3 is 4.74 Å². The summed E-state index contributed by atoms with van der Waals surface area (Å²) in [5.41, 5.74) is 1.17. The Labute approximate surface area is 161 Å². The van der Waals surface area contributed by atoms with Crippen LogP contribution >= 0.6 is 45.2 Å². The number of carbonyl (C=O) groups excluding carboxylic acids is 2. The van der Waals surface area contributed by atoms with Crippen molar-refractivity contribution in [2.75, 3.05) is 0 Å². The molecule has 0 aliphatic rings. The molecule has 2 aromatic carbocycles. The lowest BCUT2D eigenvalue weighted by molar-refractivity contribution is 0.103. The van der Waals surface area contributed by atoms with Crippen LogP contribution in [0.25, 0.3) is 0 Å². The first-order valence-electron chi connectivity index (χ1n) is 6.64. The third-order valence-corrected chi connectivity index (χ3v) is 4.29. The average molecular weight is 530 g/mol. The van der Waals surface area contributed by atoms with E-state index in [1.807, 2.05) is 24.3 Å². The van der Waals surface area contributed by atoms with Crippen molar-refractivity contribution < 1.29 is 14.3 Å². The monoisotopic (exact) mass is 530 g/mol. The second-order valence-corrected chi connectivity index (χ2v) is 6.98. The van der Waals surface area contributed by atoms with E-state index in [4.69, 9.17) is 4.74 Å². The summed E-state index contributed by atoms with van der Waals surface area (Å²) >= 11 is 4.35. The van der Waals surface area contributed by atoms with Gasteiger partial charge >= 0.3 is 0 Å². The molecule has 0 atom stereocenters. The van der Waals surface area contributed by atoms with Crippen LogP contribution in [0, 0.1) is 7.14 Å². The van der Waals surface area contributed by atoms with E-state index in [1.54, 1.807) is 24.3 Å². The quantitative estimate of drug-likeness (QED) is 0.229. The van der Waals surface area contributed by atoms with Crippen LogP contribution < -0.4 is 0 Å². The second kappa shape index (κ2) is 8.97. The van der Waals surface area contributed by atoms with Gasteiger partial charge in [-0.3, -0.25) is 9.59 Å². The molecule has 0 fully saturated rings. The highest BCUT2D eigenvalue weighted by Crippen LogP contribution is 2.09. The van der Waals surface area contributed by atoms with Gasteiger partial charge in [-0.25, -0.2) is 0 Å². The second-order valence-electron chi connectivity index (χ2n) is 4.48. The summed E-state index contributed by atoms with van der Waals surface area (Å²) in [6, 6.07) is 14.5. The molecule has 0 aliphatic carbocycles. The van der Waals surface area contributed by atoms with Crippen LogP contribution in [0.3, 0.4) is 0 Å². The highest BCUT2D eigenvalue weighted by atomic mass is 127. The molecule has 0 unspecified atom stereocenters. The van der Waals surface area contributed by atoms with Crippen molar-refractivity contribution in [1.82, 2.24) is 0 Å². The minimum atomic E-state index is -0.154. The van der Waals surface area contributed by atoms with Crippen molar-refractivity contribution in [3.8, 4) is 0 Å². The van der Waals surface area contributed by atoms with Crippen molar-refractivity contribution in [1.29, 1.82) is 0 Å². The van der Waals surface area contributed by atoms with Crippen LogP contribution in [0.1, 0.15) is 20.7 Å². The number of hydrogen-bond acceptors (Lipinski definition) is 3. The van der Waals surface area contributed by atoms with Crippen LogP contribution in [0.2, 0.25) is 0 Å². The number of halogens is 2. The molecule has 3 nitrogen and oxygen atoms in total. The fourth-order valence-corrected chi connectivity index (χ4v) is 2.39. The normalized spacial score (nSPS) is 11.0. The number of rotatable bonds is 6. The summed E-state index contributed by atoms with van der Waals surface area (Å²) in [4.78, 5) is 23.7. The van der Waals surface area contributed by atoms with Gasteiger partial charge in [0.1, 0.15) is 0 Å². The highest BCUT2D eigenvalue weighted by Gasteiger charge is 2.01. The fourth-order valence-electron chi connectivity index (χ4n) is 1.67. The lowest BCUT2D eigenvalue weighted by Crippen LogP contribution is -1.95. The first kappa shape index (κ1) is 17.9. The van der Waals surface area contributed by atoms with Gasteiger partial charge in [0.25, 0.3) is 0 Å². The molecule has 0 saturated carbocycles. The molecule has 0 bridgehead atoms. The predicted octanol–water partition coefficient (Wildman–Crippen LogP) is 5.01. The van der Waals surface area contributed by atoms with Gasteiger partial charge in [-0.1, -0.05) is 24.3 Å². The van der Waals surface area contributed by atoms with Crippen LogP contribution in [0.4, 0.5) is 0 Å². The molecule has 0 N–H and O–H groups in total. The summed E-state index contributed by atoms with van der Waals surface area (Å²) in [6.45, 7) is 0. The lowest BCUT2D eigenvalue weighted by atomic mass is 10.1. The molecule has 0 aliphatic heterocycles. The number of ketones is 2. The molecular formula is C18H12I2O3. The summed E-state index contributed by atoms with van der Waals surface area (Å²) in [5, 5.41) is 0. The van der Waals surface area contributed by atoms with E-state index in [0.717, 1.165) is 7.14 Å². The van der Waals surface area contributed by atoms with E-state index >= 15 is 0 Å². The van der Waals surface area contributed by atoms with Crippen LogP contribution in [-0.2, 0) is 4.74 Å². The Hall–Kier alpha value is -1.48. The minimum Gasteiger partial charge on any atom is -0.472 e. The number of benzene rings is 2. The molecular weight excluding hydrogens is 518 g/mol. The zero-order valence-electron chi connectivity index (χ0n) is 11.9. The first-order chi connectivity index (χ1) is 11.1. The lowest BCUT2D eigenvalue weighted by Gasteiger charge is -1.96. The molecule has 0 spiro atoms. The number of carbonyl (C=O) groups is 2. The third-order valence-electron chi connectivity index (χ3n) is 2.85. The number of allylic oxidation sites excluding steroid dienone is 2. The van der Waals surface area contributed by atoms with Gasteiger partial charge in [0.15, 0.2) is 11.6 Å². The fraction of sp³-hybridized carbons (Fsp3) is 0. The maximum Gasteiger partial charge on any atom is 0.188 e. The molecule has 0 saturated heterocycles. The van der Waals surface area contributed by atoms with Crippen molar-refractivity contribution in [3.63, 3.8) is 0 Å². The van der Waals surface area contributed by atoms with E-state index in [1.165, 1.54) is 24.7 Å². The summed E-state index contributed by atoms with van der Waals surface area (Å²) in [6.07, 6.45) is 5.17. The van der Waals surface area contributed by atoms with Gasteiger partial charge in [-0.15, -0.1) is 0 Å². The largest absolute Gasteiger partial charge is 0.472 e. The summed E-state index contributed by atoms with van der Waals surface area (Å²) in [7, 11) is 0. The zero-order valence-corrected chi connectivity index (χ0v) is 16.2. The minimum absolute atomic E-state index is 0.154. The first-order valence-corrected chi connectivity index (χ1v) is 8.80. The highest BCUT2D eigenvalue weighted by molar-refractivity contribution is 14.1. The topological polar surface area (TPSA) is 43.4 Å². The van der Waals surface area contributed by atoms with Crippen molar-refractivity contribution in [3.05, 3.63) is 91.5 Å². The Kier molecular flexibility index (Phi) is 6.97. The van der Waals surface area contributed by atoms with Crippen molar-refractivity contribution in [2.45, 2.75) is 0 Å². The van der Waals surface area contributed by atoms with Crippen LogP contribution in [0.15, 0.2) is 73.2 Å².